The van der Waals surface area contributed by atoms with Crippen molar-refractivity contribution in [2.75, 3.05) is 26.7 Å². The van der Waals surface area contributed by atoms with Gasteiger partial charge in [0, 0.05) is 31.5 Å². The van der Waals surface area contributed by atoms with E-state index in [1.807, 2.05) is 13.8 Å². The standard InChI is InChI=1S/C19H27FN4OS/c1-5-21-19(22-11-10-18-24-13(2)14(3)26-18)23-12-17(25-4)15-6-8-16(20)9-7-15/h6-9,17H,5,10-12H2,1-4H3,(H2,21,22,23). The number of nitrogens with one attached hydrogen (secondary N) is 2. The first-order valence-corrected chi connectivity index (χ1v) is 9.58. The van der Waals surface area contributed by atoms with Crippen molar-refractivity contribution in [3.05, 3.63) is 51.2 Å². The minimum Gasteiger partial charge on any atom is -0.375 e. The normalized spacial score (nSPS) is 12.9. The molecular weight excluding hydrogens is 351 g/mol. The maximum atomic E-state index is 13.1. The maximum Gasteiger partial charge on any atom is 0.191 e. The molecule has 2 N–H and O–H groups in total. The Morgan fingerprint density at radius 2 is 2.00 bits per heavy atom. The van der Waals surface area contributed by atoms with E-state index in [1.54, 1.807) is 30.6 Å². The van der Waals surface area contributed by atoms with Gasteiger partial charge in [0.15, 0.2) is 5.96 Å². The van der Waals surface area contributed by atoms with E-state index in [0.717, 1.165) is 41.7 Å². The fraction of sp³-hybridized carbons (Fsp3) is 0.474. The van der Waals surface area contributed by atoms with Crippen LogP contribution >= 0.6 is 11.3 Å². The fourth-order valence-electron chi connectivity index (χ4n) is 2.44. The van der Waals surface area contributed by atoms with Crippen molar-refractivity contribution in [3.8, 4) is 0 Å². The van der Waals surface area contributed by atoms with Crippen LogP contribution in [-0.4, -0.2) is 37.7 Å². The lowest BCUT2D eigenvalue weighted by molar-refractivity contribution is 0.111. The highest BCUT2D eigenvalue weighted by atomic mass is 32.1. The second-order valence-electron chi connectivity index (χ2n) is 5.92. The Bertz CT molecular complexity index is 695. The monoisotopic (exact) mass is 378 g/mol. The number of aryl methyl sites for hydroxylation is 2. The summed E-state index contributed by atoms with van der Waals surface area (Å²) in [6.45, 7) is 8.14. The van der Waals surface area contributed by atoms with Gasteiger partial charge in [0.05, 0.1) is 17.2 Å². The molecule has 5 nitrogen and oxygen atoms in total. The van der Waals surface area contributed by atoms with Gasteiger partial charge < -0.3 is 15.4 Å². The minimum atomic E-state index is -0.255. The van der Waals surface area contributed by atoms with Gasteiger partial charge in [-0.25, -0.2) is 9.37 Å². The Hall–Kier alpha value is -1.99. The molecular formula is C19H27FN4OS. The lowest BCUT2D eigenvalue weighted by atomic mass is 10.1. The van der Waals surface area contributed by atoms with Gasteiger partial charge >= 0.3 is 0 Å². The van der Waals surface area contributed by atoms with Crippen LogP contribution in [0, 0.1) is 19.7 Å². The van der Waals surface area contributed by atoms with Gasteiger partial charge in [-0.2, -0.15) is 0 Å². The third-order valence-electron chi connectivity index (χ3n) is 3.99. The number of benzene rings is 1. The highest BCUT2D eigenvalue weighted by molar-refractivity contribution is 7.11. The number of guanidine groups is 1. The second kappa shape index (κ2) is 10.2. The van der Waals surface area contributed by atoms with Crippen LogP contribution in [0.5, 0.6) is 0 Å². The number of thiazole rings is 1. The predicted octanol–water partition coefficient (Wildman–Crippen LogP) is 3.38. The molecule has 26 heavy (non-hydrogen) atoms. The predicted molar refractivity (Wildman–Crippen MR) is 105 cm³/mol. The number of hydrogen-bond donors (Lipinski definition) is 2. The number of ether oxygens (including phenoxy) is 1. The van der Waals surface area contributed by atoms with E-state index in [1.165, 1.54) is 17.0 Å². The summed E-state index contributed by atoms with van der Waals surface area (Å²) in [4.78, 5) is 10.4. The molecule has 1 unspecified atom stereocenters. The molecule has 0 spiro atoms. The highest BCUT2D eigenvalue weighted by Gasteiger charge is 2.11. The zero-order chi connectivity index (χ0) is 18.9. The van der Waals surface area contributed by atoms with E-state index in [9.17, 15) is 4.39 Å². The van der Waals surface area contributed by atoms with Crippen LogP contribution in [0.2, 0.25) is 0 Å². The first-order chi connectivity index (χ1) is 12.5. The van der Waals surface area contributed by atoms with Crippen molar-refractivity contribution >= 4 is 17.3 Å². The molecule has 0 amide bonds. The molecule has 0 saturated heterocycles. The summed E-state index contributed by atoms with van der Waals surface area (Å²) < 4.78 is 18.6. The summed E-state index contributed by atoms with van der Waals surface area (Å²) >= 11 is 1.74. The Kier molecular flexibility index (Phi) is 8.00. The molecule has 0 fully saturated rings. The molecule has 1 aromatic heterocycles. The lowest BCUT2D eigenvalue weighted by Gasteiger charge is -2.16. The second-order valence-corrected chi connectivity index (χ2v) is 7.21. The molecule has 2 aromatic rings. The van der Waals surface area contributed by atoms with E-state index in [0.29, 0.717) is 6.54 Å². The Morgan fingerprint density at radius 3 is 2.58 bits per heavy atom. The molecule has 0 aliphatic rings. The van der Waals surface area contributed by atoms with Gasteiger partial charge in [-0.1, -0.05) is 12.1 Å². The van der Waals surface area contributed by atoms with Crippen molar-refractivity contribution in [2.24, 2.45) is 4.99 Å². The van der Waals surface area contributed by atoms with Gasteiger partial charge in [0.2, 0.25) is 0 Å². The Morgan fingerprint density at radius 1 is 1.27 bits per heavy atom. The van der Waals surface area contributed by atoms with Gasteiger partial charge in [-0.3, -0.25) is 4.99 Å². The van der Waals surface area contributed by atoms with Crippen LogP contribution in [0.15, 0.2) is 29.3 Å². The van der Waals surface area contributed by atoms with E-state index >= 15 is 0 Å². The number of halogens is 1. The average molecular weight is 379 g/mol. The molecule has 0 bridgehead atoms. The van der Waals surface area contributed by atoms with Gasteiger partial charge in [-0.05, 0) is 38.5 Å². The third kappa shape index (κ3) is 6.07. The van der Waals surface area contributed by atoms with Crippen molar-refractivity contribution in [2.45, 2.75) is 33.3 Å². The SMILES string of the molecule is CCNC(=NCC(OC)c1ccc(F)cc1)NCCc1nc(C)c(C)s1. The molecule has 1 atom stereocenters. The van der Waals surface area contributed by atoms with Gasteiger partial charge in [0.25, 0.3) is 0 Å². The van der Waals surface area contributed by atoms with Crippen molar-refractivity contribution in [1.82, 2.24) is 15.6 Å². The molecule has 7 heteroatoms. The smallest absolute Gasteiger partial charge is 0.191 e. The summed E-state index contributed by atoms with van der Waals surface area (Å²) in [5.41, 5.74) is 2.01. The molecule has 0 aliphatic heterocycles. The average Bonchev–Trinajstić information content (AvgIpc) is 2.94. The number of nitrogens with zero attached hydrogens (tertiary/aromatic N) is 2. The van der Waals surface area contributed by atoms with Crippen molar-refractivity contribution in [3.63, 3.8) is 0 Å². The topological polar surface area (TPSA) is 58.5 Å². The molecule has 0 radical (unpaired) electrons. The summed E-state index contributed by atoms with van der Waals surface area (Å²) in [5.74, 6) is 0.483. The number of hydrogen-bond acceptors (Lipinski definition) is 4. The lowest BCUT2D eigenvalue weighted by Crippen LogP contribution is -2.38. The third-order valence-corrected chi connectivity index (χ3v) is 5.12. The summed E-state index contributed by atoms with van der Waals surface area (Å²) in [6, 6.07) is 6.33. The first-order valence-electron chi connectivity index (χ1n) is 8.76. The minimum absolute atomic E-state index is 0.213. The first kappa shape index (κ1) is 20.3. The van der Waals surface area contributed by atoms with Crippen molar-refractivity contribution < 1.29 is 9.13 Å². The Balaban J connectivity index is 1.92. The van der Waals surface area contributed by atoms with E-state index in [-0.39, 0.29) is 11.9 Å². The van der Waals surface area contributed by atoms with Crippen molar-refractivity contribution in [1.29, 1.82) is 0 Å². The van der Waals surface area contributed by atoms with Gasteiger partial charge in [0.1, 0.15) is 11.9 Å². The molecule has 0 saturated carbocycles. The summed E-state index contributed by atoms with van der Waals surface area (Å²) in [6.07, 6.45) is 0.644. The molecule has 0 aliphatic carbocycles. The zero-order valence-electron chi connectivity index (χ0n) is 15.8. The fourth-order valence-corrected chi connectivity index (χ4v) is 3.38. The van der Waals surface area contributed by atoms with Crippen LogP contribution in [-0.2, 0) is 11.2 Å². The quantitative estimate of drug-likeness (QED) is 0.546. The largest absolute Gasteiger partial charge is 0.375 e. The molecule has 1 heterocycles. The number of aliphatic imine (C=N–C) groups is 1. The van der Waals surface area contributed by atoms with Crippen LogP contribution in [0.3, 0.4) is 0 Å². The maximum absolute atomic E-state index is 13.1. The van der Waals surface area contributed by atoms with E-state index < -0.39 is 0 Å². The van der Waals surface area contributed by atoms with E-state index in [2.05, 4.69) is 27.5 Å². The molecule has 1 aromatic carbocycles. The highest BCUT2D eigenvalue weighted by Crippen LogP contribution is 2.18. The van der Waals surface area contributed by atoms with Crippen LogP contribution < -0.4 is 10.6 Å². The zero-order valence-corrected chi connectivity index (χ0v) is 16.6. The molecule has 2 rings (SSSR count). The van der Waals surface area contributed by atoms with Crippen LogP contribution in [0.25, 0.3) is 0 Å². The number of aromatic nitrogens is 1. The van der Waals surface area contributed by atoms with E-state index in [4.69, 9.17) is 4.74 Å². The number of methoxy groups -OCH3 is 1. The van der Waals surface area contributed by atoms with Gasteiger partial charge in [-0.15, -0.1) is 11.3 Å². The van der Waals surface area contributed by atoms with Crippen LogP contribution in [0.4, 0.5) is 4.39 Å². The summed E-state index contributed by atoms with van der Waals surface area (Å²) in [7, 11) is 1.64. The number of rotatable bonds is 8. The summed E-state index contributed by atoms with van der Waals surface area (Å²) in [5, 5.41) is 7.69. The Labute approximate surface area is 158 Å². The van der Waals surface area contributed by atoms with Crippen LogP contribution in [0.1, 0.15) is 34.2 Å². The molecule has 142 valence electrons.